The van der Waals surface area contributed by atoms with E-state index in [-0.39, 0.29) is 0 Å². The fraction of sp³-hybridized carbons (Fsp3) is 0.647. The van der Waals surface area contributed by atoms with E-state index in [1.165, 1.54) is 132 Å². The summed E-state index contributed by atoms with van der Waals surface area (Å²) in [5, 5.41) is 10.8. The zero-order valence-electron chi connectivity index (χ0n) is 23.1. The summed E-state index contributed by atoms with van der Waals surface area (Å²) in [5.41, 5.74) is 5.03. The van der Waals surface area contributed by atoms with Crippen LogP contribution in [0, 0.1) is 0 Å². The van der Waals surface area contributed by atoms with Gasteiger partial charge in [-0.1, -0.05) is 153 Å². The highest BCUT2D eigenvalue weighted by Gasteiger charge is 2.13. The van der Waals surface area contributed by atoms with E-state index < -0.39 is 0 Å². The molecule has 0 spiro atoms. The van der Waals surface area contributed by atoms with Crippen LogP contribution in [0.3, 0.4) is 0 Å². The molecule has 0 aliphatic rings. The SMILES string of the molecule is CCCCCCCCCCCCc1ccccc1-c1c(O)cccc1CCCCCCCCCC. The van der Waals surface area contributed by atoms with Gasteiger partial charge in [0, 0.05) is 5.56 Å². The van der Waals surface area contributed by atoms with Gasteiger partial charge in [-0.25, -0.2) is 0 Å². The molecule has 2 rings (SSSR count). The fourth-order valence-electron chi connectivity index (χ4n) is 5.34. The van der Waals surface area contributed by atoms with Gasteiger partial charge in [0.15, 0.2) is 0 Å². The summed E-state index contributed by atoms with van der Waals surface area (Å²) in [4.78, 5) is 0. The lowest BCUT2D eigenvalue weighted by Crippen LogP contribution is -1.96. The number of aryl methyl sites for hydroxylation is 2. The lowest BCUT2D eigenvalue weighted by Gasteiger charge is -2.16. The Hall–Kier alpha value is -1.76. The molecule has 1 nitrogen and oxygen atoms in total. The molecule has 0 unspecified atom stereocenters. The summed E-state index contributed by atoms with van der Waals surface area (Å²) < 4.78 is 0. The molecule has 196 valence electrons. The summed E-state index contributed by atoms with van der Waals surface area (Å²) in [6.45, 7) is 4.57. The van der Waals surface area contributed by atoms with Gasteiger partial charge in [-0.2, -0.15) is 0 Å². The first-order valence-electron chi connectivity index (χ1n) is 15.2. The molecule has 0 heterocycles. The van der Waals surface area contributed by atoms with Gasteiger partial charge in [-0.15, -0.1) is 0 Å². The third-order valence-electron chi connectivity index (χ3n) is 7.51. The minimum Gasteiger partial charge on any atom is -0.507 e. The highest BCUT2D eigenvalue weighted by molar-refractivity contribution is 5.76. The van der Waals surface area contributed by atoms with Gasteiger partial charge in [0.1, 0.15) is 5.75 Å². The third-order valence-corrected chi connectivity index (χ3v) is 7.51. The van der Waals surface area contributed by atoms with Crippen LogP contribution in [-0.4, -0.2) is 5.11 Å². The van der Waals surface area contributed by atoms with Crippen molar-refractivity contribution in [1.82, 2.24) is 0 Å². The lowest BCUT2D eigenvalue weighted by atomic mass is 9.90. The van der Waals surface area contributed by atoms with Gasteiger partial charge in [0.05, 0.1) is 0 Å². The highest BCUT2D eigenvalue weighted by Crippen LogP contribution is 2.36. The summed E-state index contributed by atoms with van der Waals surface area (Å²) in [7, 11) is 0. The monoisotopic (exact) mass is 478 g/mol. The van der Waals surface area contributed by atoms with E-state index in [2.05, 4.69) is 44.2 Å². The standard InChI is InChI=1S/C34H54O/c1-3-5-7-9-11-13-14-16-17-19-24-30-25-21-22-28-32(30)34-31(27-23-29-33(34)35)26-20-18-15-12-10-8-6-4-2/h21-23,25,27-29,35H,3-20,24,26H2,1-2H3. The topological polar surface area (TPSA) is 20.2 Å². The smallest absolute Gasteiger partial charge is 0.123 e. The molecule has 0 saturated heterocycles. The van der Waals surface area contributed by atoms with Crippen molar-refractivity contribution in [3.05, 3.63) is 53.6 Å². The van der Waals surface area contributed by atoms with Crippen LogP contribution in [0.15, 0.2) is 42.5 Å². The molecule has 1 N–H and O–H groups in total. The van der Waals surface area contributed by atoms with Gasteiger partial charge in [-0.3, -0.25) is 0 Å². The molecule has 0 saturated carbocycles. The van der Waals surface area contributed by atoms with Crippen LogP contribution >= 0.6 is 0 Å². The highest BCUT2D eigenvalue weighted by atomic mass is 16.3. The van der Waals surface area contributed by atoms with E-state index in [0.717, 1.165) is 18.4 Å². The van der Waals surface area contributed by atoms with E-state index in [9.17, 15) is 5.11 Å². The minimum absolute atomic E-state index is 0.442. The zero-order valence-corrected chi connectivity index (χ0v) is 23.1. The summed E-state index contributed by atoms with van der Waals surface area (Å²) in [6.07, 6.45) is 26.6. The van der Waals surface area contributed by atoms with Crippen LogP contribution in [0.4, 0.5) is 0 Å². The van der Waals surface area contributed by atoms with Crippen molar-refractivity contribution in [2.75, 3.05) is 0 Å². The third kappa shape index (κ3) is 12.2. The van der Waals surface area contributed by atoms with E-state index >= 15 is 0 Å². The number of hydrogen-bond donors (Lipinski definition) is 1. The predicted molar refractivity (Wildman–Crippen MR) is 155 cm³/mol. The number of rotatable bonds is 21. The van der Waals surface area contributed by atoms with E-state index in [0.29, 0.717) is 5.75 Å². The maximum Gasteiger partial charge on any atom is 0.123 e. The molecule has 0 aliphatic heterocycles. The maximum absolute atomic E-state index is 10.8. The summed E-state index contributed by atoms with van der Waals surface area (Å²) >= 11 is 0. The van der Waals surface area contributed by atoms with Crippen LogP contribution in [0.1, 0.15) is 141 Å². The Bertz CT molecular complexity index is 778. The second-order valence-corrected chi connectivity index (χ2v) is 10.6. The lowest BCUT2D eigenvalue weighted by molar-refractivity contribution is 0.476. The summed E-state index contributed by atoms with van der Waals surface area (Å²) in [6, 6.07) is 14.9. The van der Waals surface area contributed by atoms with Gasteiger partial charge in [0.25, 0.3) is 0 Å². The van der Waals surface area contributed by atoms with E-state index in [4.69, 9.17) is 0 Å². The minimum atomic E-state index is 0.442. The molecule has 0 atom stereocenters. The summed E-state index contributed by atoms with van der Waals surface area (Å²) in [5.74, 6) is 0.442. The second-order valence-electron chi connectivity index (χ2n) is 10.6. The normalized spacial score (nSPS) is 11.3. The molecule has 2 aromatic rings. The Kier molecular flexibility index (Phi) is 16.4. The quantitative estimate of drug-likeness (QED) is 0.177. The molecular formula is C34H54O. The molecular weight excluding hydrogens is 424 g/mol. The van der Waals surface area contributed by atoms with Crippen LogP contribution in [0.2, 0.25) is 0 Å². The Morgan fingerprint density at radius 2 is 0.886 bits per heavy atom. The molecule has 0 amide bonds. The molecule has 0 aromatic heterocycles. The van der Waals surface area contributed by atoms with Crippen molar-refractivity contribution in [3.63, 3.8) is 0 Å². The van der Waals surface area contributed by atoms with Crippen LogP contribution in [0.5, 0.6) is 5.75 Å². The first kappa shape index (κ1) is 29.5. The Morgan fingerprint density at radius 3 is 1.43 bits per heavy atom. The van der Waals surface area contributed by atoms with Crippen LogP contribution < -0.4 is 0 Å². The van der Waals surface area contributed by atoms with Gasteiger partial charge in [0.2, 0.25) is 0 Å². The molecule has 0 radical (unpaired) electrons. The van der Waals surface area contributed by atoms with Crippen molar-refractivity contribution in [2.24, 2.45) is 0 Å². The molecule has 2 aromatic carbocycles. The van der Waals surface area contributed by atoms with E-state index in [1.807, 2.05) is 12.1 Å². The Balaban J connectivity index is 1.82. The first-order chi connectivity index (χ1) is 17.3. The van der Waals surface area contributed by atoms with Crippen molar-refractivity contribution in [3.8, 4) is 16.9 Å². The Labute approximate surface area is 217 Å². The largest absolute Gasteiger partial charge is 0.507 e. The van der Waals surface area contributed by atoms with Gasteiger partial charge >= 0.3 is 0 Å². The number of phenolic OH excluding ortho intramolecular Hbond substituents is 1. The van der Waals surface area contributed by atoms with Crippen LogP contribution in [-0.2, 0) is 12.8 Å². The Morgan fingerprint density at radius 1 is 0.457 bits per heavy atom. The number of hydrogen-bond acceptors (Lipinski definition) is 1. The molecule has 0 fully saturated rings. The van der Waals surface area contributed by atoms with Crippen molar-refractivity contribution in [2.45, 2.75) is 142 Å². The molecule has 0 bridgehead atoms. The zero-order chi connectivity index (χ0) is 25.0. The molecule has 1 heteroatoms. The van der Waals surface area contributed by atoms with Gasteiger partial charge in [-0.05, 0) is 48.4 Å². The second kappa shape index (κ2) is 19.4. The average Bonchev–Trinajstić information content (AvgIpc) is 2.87. The number of benzene rings is 2. The van der Waals surface area contributed by atoms with Crippen molar-refractivity contribution >= 4 is 0 Å². The maximum atomic E-state index is 10.8. The van der Waals surface area contributed by atoms with Crippen molar-refractivity contribution < 1.29 is 5.11 Å². The molecule has 0 aliphatic carbocycles. The number of unbranched alkanes of at least 4 members (excludes halogenated alkanes) is 16. The fourth-order valence-corrected chi connectivity index (χ4v) is 5.34. The van der Waals surface area contributed by atoms with Gasteiger partial charge < -0.3 is 5.11 Å². The average molecular weight is 479 g/mol. The van der Waals surface area contributed by atoms with Crippen LogP contribution in [0.25, 0.3) is 11.1 Å². The van der Waals surface area contributed by atoms with E-state index in [1.54, 1.807) is 0 Å². The number of phenols is 1. The predicted octanol–water partition coefficient (Wildman–Crippen LogP) is 11.2. The van der Waals surface area contributed by atoms with Crippen molar-refractivity contribution in [1.29, 1.82) is 0 Å². The number of aromatic hydroxyl groups is 1. The first-order valence-corrected chi connectivity index (χ1v) is 15.2. The molecule has 35 heavy (non-hydrogen) atoms.